The Hall–Kier alpha value is -5.99. The third-order valence-electron chi connectivity index (χ3n) is 14.0. The van der Waals surface area contributed by atoms with Gasteiger partial charge in [0.15, 0.2) is 5.71 Å². The van der Waals surface area contributed by atoms with Crippen molar-refractivity contribution in [2.75, 3.05) is 19.0 Å². The monoisotopic (exact) mass is 783 g/mol. The van der Waals surface area contributed by atoms with Crippen LogP contribution in [0.25, 0.3) is 21.5 Å². The van der Waals surface area contributed by atoms with E-state index >= 15 is 0 Å². The standard InChI is InChI=1S/C58H59N2/c1-56(2,3)47-37-43(24-18-30-52-57(4,39-41-20-10-8-11-21-41)54-48-28-16-14-26-45(48)32-34-50(54)59(52)6)36-44(38-47)25-19-31-53-58(5,40-42-22-12-9-13-23-42)55-49-29-17-15-27-46(49)33-35-51(55)60(53)7/h8-36,47H,37-40H2,1-7H3/q+1. The van der Waals surface area contributed by atoms with Gasteiger partial charge in [-0.15, -0.1) is 0 Å². The van der Waals surface area contributed by atoms with Crippen LogP contribution in [0, 0.1) is 11.3 Å². The fraction of sp³-hybridized carbons (Fsp3) is 0.259. The molecule has 1 aliphatic carbocycles. The third kappa shape index (κ3) is 7.11. The topological polar surface area (TPSA) is 6.25 Å². The first-order valence-electron chi connectivity index (χ1n) is 21.9. The molecule has 2 nitrogen and oxygen atoms in total. The van der Waals surface area contributed by atoms with Crippen molar-refractivity contribution in [3.8, 4) is 0 Å². The zero-order valence-electron chi connectivity index (χ0n) is 36.5. The molecule has 6 aromatic carbocycles. The van der Waals surface area contributed by atoms with Crippen LogP contribution in [0.1, 0.15) is 69.7 Å². The molecule has 0 amide bonds. The van der Waals surface area contributed by atoms with E-state index in [2.05, 4.69) is 234 Å². The Morgan fingerprint density at radius 3 is 1.85 bits per heavy atom. The quantitative estimate of drug-likeness (QED) is 0.139. The van der Waals surface area contributed by atoms with Gasteiger partial charge in [-0.1, -0.05) is 166 Å². The molecule has 0 radical (unpaired) electrons. The van der Waals surface area contributed by atoms with E-state index in [9.17, 15) is 0 Å². The molecule has 0 saturated carbocycles. The largest absolute Gasteiger partial charge is 0.347 e. The molecular formula is C58H59N2+. The first-order valence-corrected chi connectivity index (χ1v) is 21.9. The number of nitrogens with zero attached hydrogens (tertiary/aromatic N) is 2. The lowest BCUT2D eigenvalue weighted by atomic mass is 9.71. The number of hydrogen-bond acceptors (Lipinski definition) is 1. The molecule has 0 N–H and O–H groups in total. The van der Waals surface area contributed by atoms with Crippen molar-refractivity contribution in [1.82, 2.24) is 0 Å². The minimum Gasteiger partial charge on any atom is -0.347 e. The summed E-state index contributed by atoms with van der Waals surface area (Å²) in [5, 5.41) is 5.29. The van der Waals surface area contributed by atoms with Gasteiger partial charge in [-0.25, -0.2) is 0 Å². The number of fused-ring (bicyclic) bond motifs is 6. The van der Waals surface area contributed by atoms with Crippen LogP contribution in [0.3, 0.4) is 0 Å². The van der Waals surface area contributed by atoms with Crippen molar-refractivity contribution < 1.29 is 4.58 Å². The fourth-order valence-electron chi connectivity index (χ4n) is 10.8. The highest BCUT2D eigenvalue weighted by molar-refractivity contribution is 6.08. The molecular weight excluding hydrogens is 725 g/mol. The summed E-state index contributed by atoms with van der Waals surface area (Å²) in [7, 11) is 4.50. The van der Waals surface area contributed by atoms with Gasteiger partial charge in [0.1, 0.15) is 7.05 Å². The number of likely N-dealkylation sites (N-methyl/N-ethyl adjacent to an activating group) is 1. The van der Waals surface area contributed by atoms with Gasteiger partial charge in [-0.05, 0) is 118 Å². The lowest BCUT2D eigenvalue weighted by molar-refractivity contribution is -0.401. The summed E-state index contributed by atoms with van der Waals surface area (Å²) in [4.78, 5) is 2.43. The molecule has 3 unspecified atom stereocenters. The second-order valence-electron chi connectivity index (χ2n) is 19.1. The zero-order valence-corrected chi connectivity index (χ0v) is 36.5. The Morgan fingerprint density at radius 2 is 1.20 bits per heavy atom. The summed E-state index contributed by atoms with van der Waals surface area (Å²) in [5.74, 6) is 0.545. The van der Waals surface area contributed by atoms with Gasteiger partial charge in [0.2, 0.25) is 5.69 Å². The van der Waals surface area contributed by atoms with Crippen LogP contribution in [0.15, 0.2) is 193 Å². The zero-order chi connectivity index (χ0) is 41.6. The fourth-order valence-corrected chi connectivity index (χ4v) is 10.8. The van der Waals surface area contributed by atoms with Crippen molar-refractivity contribution in [2.45, 2.75) is 71.1 Å². The first kappa shape index (κ1) is 39.5. The Labute approximate surface area is 358 Å². The van der Waals surface area contributed by atoms with E-state index in [1.807, 2.05) is 0 Å². The molecule has 2 aliphatic heterocycles. The molecule has 6 aromatic rings. The molecule has 0 spiro atoms. The third-order valence-corrected chi connectivity index (χ3v) is 14.0. The highest BCUT2D eigenvalue weighted by atomic mass is 15.2. The van der Waals surface area contributed by atoms with Gasteiger partial charge in [-0.3, -0.25) is 0 Å². The Morgan fingerprint density at radius 1 is 0.633 bits per heavy atom. The van der Waals surface area contributed by atoms with Crippen molar-refractivity contribution in [3.63, 3.8) is 0 Å². The van der Waals surface area contributed by atoms with Crippen LogP contribution in [-0.2, 0) is 23.7 Å². The molecule has 0 saturated heterocycles. The summed E-state index contributed by atoms with van der Waals surface area (Å²) in [6, 6.07) is 49.0. The highest BCUT2D eigenvalue weighted by Crippen LogP contribution is 2.52. The molecule has 0 bridgehead atoms. The second kappa shape index (κ2) is 15.6. The molecule has 300 valence electrons. The maximum atomic E-state index is 2.46. The van der Waals surface area contributed by atoms with Crippen molar-refractivity contribution >= 4 is 38.6 Å². The molecule has 3 aliphatic rings. The smallest absolute Gasteiger partial charge is 0.210 e. The first-order chi connectivity index (χ1) is 28.9. The van der Waals surface area contributed by atoms with E-state index in [1.54, 1.807) is 0 Å². The lowest BCUT2D eigenvalue weighted by Gasteiger charge is -2.34. The van der Waals surface area contributed by atoms with Crippen LogP contribution in [0.4, 0.5) is 11.4 Å². The van der Waals surface area contributed by atoms with Crippen molar-refractivity contribution in [3.05, 3.63) is 215 Å². The number of rotatable bonds is 8. The number of hydrogen-bond donors (Lipinski definition) is 0. The Balaban J connectivity index is 1.06. The van der Waals surface area contributed by atoms with E-state index in [0.717, 1.165) is 25.7 Å². The van der Waals surface area contributed by atoms with Crippen molar-refractivity contribution in [1.29, 1.82) is 0 Å². The van der Waals surface area contributed by atoms with E-state index in [4.69, 9.17) is 0 Å². The van der Waals surface area contributed by atoms with Crippen LogP contribution in [0.2, 0.25) is 0 Å². The van der Waals surface area contributed by atoms with E-state index in [1.165, 1.54) is 77.7 Å². The van der Waals surface area contributed by atoms with Gasteiger partial charge >= 0.3 is 0 Å². The highest BCUT2D eigenvalue weighted by Gasteiger charge is 2.48. The van der Waals surface area contributed by atoms with Gasteiger partial charge in [0.05, 0.1) is 5.41 Å². The number of anilines is 1. The summed E-state index contributed by atoms with van der Waals surface area (Å²) in [6.45, 7) is 12.1. The van der Waals surface area contributed by atoms with E-state index < -0.39 is 0 Å². The molecule has 60 heavy (non-hydrogen) atoms. The van der Waals surface area contributed by atoms with Gasteiger partial charge in [0.25, 0.3) is 0 Å². The Kier molecular flexibility index (Phi) is 10.2. The van der Waals surface area contributed by atoms with E-state index in [0.29, 0.717) is 5.92 Å². The van der Waals surface area contributed by atoms with Crippen LogP contribution < -0.4 is 4.90 Å². The molecule has 0 fully saturated rings. The second-order valence-corrected chi connectivity index (χ2v) is 19.1. The van der Waals surface area contributed by atoms with E-state index in [-0.39, 0.29) is 16.2 Å². The maximum Gasteiger partial charge on any atom is 0.210 e. The van der Waals surface area contributed by atoms with Crippen molar-refractivity contribution in [2.24, 2.45) is 11.3 Å². The summed E-state index contributed by atoms with van der Waals surface area (Å²) in [5.41, 5.74) is 13.4. The predicted molar refractivity (Wildman–Crippen MR) is 257 cm³/mol. The molecule has 3 atom stereocenters. The average molecular weight is 784 g/mol. The normalized spacial score (nSPS) is 23.1. The molecule has 2 heterocycles. The van der Waals surface area contributed by atoms with Gasteiger partial charge < -0.3 is 4.90 Å². The lowest BCUT2D eigenvalue weighted by Crippen LogP contribution is -2.33. The van der Waals surface area contributed by atoms with Crippen LogP contribution in [0.5, 0.6) is 0 Å². The summed E-state index contributed by atoms with van der Waals surface area (Å²) >= 11 is 0. The van der Waals surface area contributed by atoms with Crippen LogP contribution in [-0.4, -0.2) is 24.4 Å². The molecule has 9 rings (SSSR count). The summed E-state index contributed by atoms with van der Waals surface area (Å²) < 4.78 is 2.43. The SMILES string of the molecule is CN1C(=CC=CC2=CC(=CC=CC3=[N+](C)c4ccc5ccccc5c4C3(C)Cc3ccccc3)CC(C(C)(C)C)C2)C(C)(Cc2ccccc2)c2c1ccc1ccccc21. The summed E-state index contributed by atoms with van der Waals surface area (Å²) in [6.07, 6.45) is 20.7. The molecule has 0 aromatic heterocycles. The van der Waals surface area contributed by atoms with Gasteiger partial charge in [0, 0.05) is 41.6 Å². The number of benzene rings is 6. The minimum absolute atomic E-state index is 0.187. The van der Waals surface area contributed by atoms with Crippen LogP contribution >= 0.6 is 0 Å². The Bertz CT molecular complexity index is 2790. The molecule has 2 heteroatoms. The predicted octanol–water partition coefficient (Wildman–Crippen LogP) is 14.2. The number of allylic oxidation sites excluding steroid dienone is 10. The minimum atomic E-state index is -0.187. The van der Waals surface area contributed by atoms with Gasteiger partial charge in [-0.2, -0.15) is 4.58 Å². The maximum absolute atomic E-state index is 2.46. The average Bonchev–Trinajstić information content (AvgIpc) is 3.59.